The van der Waals surface area contributed by atoms with Gasteiger partial charge in [0.15, 0.2) is 0 Å². The molecule has 0 aliphatic heterocycles. The number of hydrogen-bond acceptors (Lipinski definition) is 2. The molecular formula is C6H16N2. The average molecular weight is 116 g/mol. The molecule has 0 amide bonds. The fraction of sp³-hybridized carbons (Fsp3) is 1.00. The van der Waals surface area contributed by atoms with Crippen LogP contribution in [0.4, 0.5) is 0 Å². The molecule has 1 unspecified atom stereocenters. The second kappa shape index (κ2) is 3.87. The van der Waals surface area contributed by atoms with Crippen LogP contribution in [-0.2, 0) is 0 Å². The smallest absolute Gasteiger partial charge is 0.0189 e. The van der Waals surface area contributed by atoms with E-state index in [0.717, 1.165) is 12.8 Å². The van der Waals surface area contributed by atoms with Crippen LogP contribution in [0, 0.1) is 0 Å². The Morgan fingerprint density at radius 3 is 1.38 bits per heavy atom. The molecule has 8 heavy (non-hydrogen) atoms. The molecule has 2 atom stereocenters. The Labute approximate surface area is 51.2 Å². The lowest BCUT2D eigenvalue weighted by molar-refractivity contribution is 0.500. The van der Waals surface area contributed by atoms with E-state index in [1.54, 1.807) is 0 Å². The highest BCUT2D eigenvalue weighted by Crippen LogP contribution is 1.94. The van der Waals surface area contributed by atoms with Crippen LogP contribution in [-0.4, -0.2) is 12.1 Å². The van der Waals surface area contributed by atoms with Gasteiger partial charge >= 0.3 is 0 Å². The molecule has 0 saturated heterocycles. The lowest BCUT2D eigenvalue weighted by Crippen LogP contribution is -2.40. The van der Waals surface area contributed by atoms with Gasteiger partial charge in [-0.15, -0.1) is 0 Å². The predicted molar refractivity (Wildman–Crippen MR) is 36.5 cm³/mol. The lowest BCUT2D eigenvalue weighted by atomic mass is 10.1. The van der Waals surface area contributed by atoms with Crippen molar-refractivity contribution in [1.29, 1.82) is 0 Å². The highest BCUT2D eigenvalue weighted by atomic mass is 14.8. The monoisotopic (exact) mass is 116 g/mol. The zero-order valence-corrected chi connectivity index (χ0v) is 5.72. The summed E-state index contributed by atoms with van der Waals surface area (Å²) in [5.74, 6) is 0. The minimum absolute atomic E-state index is 0.194. The highest BCUT2D eigenvalue weighted by Gasteiger charge is 2.06. The molecule has 0 radical (unpaired) electrons. The molecule has 2 nitrogen and oxygen atoms in total. The van der Waals surface area contributed by atoms with E-state index in [-0.39, 0.29) is 12.1 Å². The van der Waals surface area contributed by atoms with Gasteiger partial charge in [-0.1, -0.05) is 13.8 Å². The van der Waals surface area contributed by atoms with Crippen LogP contribution in [0.3, 0.4) is 0 Å². The van der Waals surface area contributed by atoms with Gasteiger partial charge in [0.2, 0.25) is 0 Å². The quantitative estimate of drug-likeness (QED) is 0.563. The zero-order chi connectivity index (χ0) is 6.57. The van der Waals surface area contributed by atoms with Crippen molar-refractivity contribution < 1.29 is 0 Å². The van der Waals surface area contributed by atoms with E-state index >= 15 is 0 Å². The summed E-state index contributed by atoms with van der Waals surface area (Å²) in [5, 5.41) is 0. The molecule has 0 bridgehead atoms. The minimum Gasteiger partial charge on any atom is -0.326 e. The summed E-state index contributed by atoms with van der Waals surface area (Å²) in [7, 11) is 0. The fourth-order valence-electron chi connectivity index (χ4n) is 0.605. The summed E-state index contributed by atoms with van der Waals surface area (Å²) in [6.07, 6.45) is 1.96. The van der Waals surface area contributed by atoms with E-state index in [9.17, 15) is 0 Å². The molecule has 0 aromatic heterocycles. The predicted octanol–water partition coefficient (Wildman–Crippen LogP) is 0.461. The van der Waals surface area contributed by atoms with Crippen molar-refractivity contribution in [3.05, 3.63) is 0 Å². The molecular weight excluding hydrogens is 100 g/mol. The Bertz CT molecular complexity index is 46.5. The molecule has 0 heterocycles. The van der Waals surface area contributed by atoms with E-state index in [0.29, 0.717) is 0 Å². The van der Waals surface area contributed by atoms with Crippen molar-refractivity contribution in [3.63, 3.8) is 0 Å². The molecule has 50 valence electrons. The van der Waals surface area contributed by atoms with Gasteiger partial charge in [-0.3, -0.25) is 0 Å². The Hall–Kier alpha value is -0.0800. The topological polar surface area (TPSA) is 52.0 Å². The van der Waals surface area contributed by atoms with Gasteiger partial charge in [-0.2, -0.15) is 0 Å². The summed E-state index contributed by atoms with van der Waals surface area (Å²) in [4.78, 5) is 0. The Morgan fingerprint density at radius 2 is 1.25 bits per heavy atom. The molecule has 0 aromatic carbocycles. The van der Waals surface area contributed by atoms with E-state index in [1.165, 1.54) is 0 Å². The summed E-state index contributed by atoms with van der Waals surface area (Å²) >= 11 is 0. The molecule has 0 aliphatic rings. The highest BCUT2D eigenvalue weighted by molar-refractivity contribution is 4.71. The third-order valence-corrected chi connectivity index (χ3v) is 1.49. The SMILES string of the molecule is CCC(N)[C@H](N)CC. The van der Waals surface area contributed by atoms with Crippen LogP contribution in [0.1, 0.15) is 26.7 Å². The number of nitrogens with two attached hydrogens (primary N) is 2. The first-order valence-corrected chi connectivity index (χ1v) is 3.23. The minimum atomic E-state index is 0.194. The van der Waals surface area contributed by atoms with Gasteiger partial charge in [0.25, 0.3) is 0 Å². The fourth-order valence-corrected chi connectivity index (χ4v) is 0.605. The number of rotatable bonds is 3. The molecule has 0 rings (SSSR count). The largest absolute Gasteiger partial charge is 0.326 e. The normalized spacial score (nSPS) is 18.0. The van der Waals surface area contributed by atoms with Crippen LogP contribution in [0.5, 0.6) is 0 Å². The van der Waals surface area contributed by atoms with E-state index in [2.05, 4.69) is 13.8 Å². The van der Waals surface area contributed by atoms with Gasteiger partial charge in [0.05, 0.1) is 0 Å². The van der Waals surface area contributed by atoms with Crippen molar-refractivity contribution in [1.82, 2.24) is 0 Å². The van der Waals surface area contributed by atoms with E-state index in [1.807, 2.05) is 0 Å². The molecule has 0 fully saturated rings. The van der Waals surface area contributed by atoms with Crippen molar-refractivity contribution >= 4 is 0 Å². The van der Waals surface area contributed by atoms with Crippen LogP contribution < -0.4 is 11.5 Å². The third kappa shape index (κ3) is 2.28. The number of hydrogen-bond donors (Lipinski definition) is 2. The molecule has 0 aliphatic carbocycles. The van der Waals surface area contributed by atoms with Crippen LogP contribution in [0.15, 0.2) is 0 Å². The maximum atomic E-state index is 5.60. The summed E-state index contributed by atoms with van der Waals surface area (Å²) in [5.41, 5.74) is 11.2. The van der Waals surface area contributed by atoms with E-state index in [4.69, 9.17) is 11.5 Å². The molecule has 4 N–H and O–H groups in total. The Morgan fingerprint density at radius 1 is 1.00 bits per heavy atom. The summed E-state index contributed by atoms with van der Waals surface area (Å²) in [6, 6.07) is 0.389. The molecule has 0 spiro atoms. The summed E-state index contributed by atoms with van der Waals surface area (Å²) < 4.78 is 0. The lowest BCUT2D eigenvalue weighted by Gasteiger charge is -2.14. The average Bonchev–Trinajstić information content (AvgIpc) is 1.84. The van der Waals surface area contributed by atoms with Gasteiger partial charge < -0.3 is 11.5 Å². The standard InChI is InChI=1S/C6H16N2/c1-3-5(7)6(8)4-2/h5-6H,3-4,7-8H2,1-2H3/t5-,6?/m1/s1. The van der Waals surface area contributed by atoms with Crippen LogP contribution >= 0.6 is 0 Å². The Balaban J connectivity index is 3.29. The van der Waals surface area contributed by atoms with Crippen LogP contribution in [0.2, 0.25) is 0 Å². The second-order valence-corrected chi connectivity index (χ2v) is 2.14. The third-order valence-electron chi connectivity index (χ3n) is 1.49. The zero-order valence-electron chi connectivity index (χ0n) is 5.72. The van der Waals surface area contributed by atoms with E-state index < -0.39 is 0 Å². The Kier molecular flexibility index (Phi) is 3.83. The maximum Gasteiger partial charge on any atom is 0.0189 e. The first-order valence-electron chi connectivity index (χ1n) is 3.23. The summed E-state index contributed by atoms with van der Waals surface area (Å²) in [6.45, 7) is 4.11. The van der Waals surface area contributed by atoms with Gasteiger partial charge in [-0.25, -0.2) is 0 Å². The van der Waals surface area contributed by atoms with Gasteiger partial charge in [0.1, 0.15) is 0 Å². The van der Waals surface area contributed by atoms with Crippen molar-refractivity contribution in [2.45, 2.75) is 38.8 Å². The molecule has 0 saturated carbocycles. The van der Waals surface area contributed by atoms with Gasteiger partial charge in [0, 0.05) is 12.1 Å². The van der Waals surface area contributed by atoms with Gasteiger partial charge in [-0.05, 0) is 12.8 Å². The van der Waals surface area contributed by atoms with Crippen LogP contribution in [0.25, 0.3) is 0 Å². The first kappa shape index (κ1) is 7.92. The maximum absolute atomic E-state index is 5.60. The van der Waals surface area contributed by atoms with Crippen molar-refractivity contribution in [2.24, 2.45) is 11.5 Å². The molecule has 0 aromatic rings. The van der Waals surface area contributed by atoms with Crippen molar-refractivity contribution in [2.75, 3.05) is 0 Å². The van der Waals surface area contributed by atoms with Crippen molar-refractivity contribution in [3.8, 4) is 0 Å². The first-order chi connectivity index (χ1) is 3.72. The second-order valence-electron chi connectivity index (χ2n) is 2.14. The molecule has 2 heteroatoms.